The molecule has 0 aliphatic rings. The van der Waals surface area contributed by atoms with E-state index in [0.29, 0.717) is 23.0 Å². The maximum Gasteiger partial charge on any atom is 0.244 e. The molecule has 0 atom stereocenters. The van der Waals surface area contributed by atoms with Gasteiger partial charge in [0.05, 0.1) is 33.4 Å². The average molecular weight is 432 g/mol. The molecule has 0 fully saturated rings. The van der Waals surface area contributed by atoms with Crippen molar-refractivity contribution < 1.29 is 23.7 Å². The van der Waals surface area contributed by atoms with Crippen molar-refractivity contribution in [1.82, 2.24) is 10.3 Å². The molecule has 2 aromatic carbocycles. The summed E-state index contributed by atoms with van der Waals surface area (Å²) >= 11 is 0. The molecule has 3 aromatic rings. The largest absolute Gasteiger partial charge is 0.493 e. The van der Waals surface area contributed by atoms with Crippen molar-refractivity contribution in [3.8, 4) is 34.8 Å². The molecule has 1 heterocycles. The summed E-state index contributed by atoms with van der Waals surface area (Å²) in [5.74, 6) is 7.69. The van der Waals surface area contributed by atoms with Crippen LogP contribution in [0.5, 0.6) is 23.0 Å². The number of nitrogens with one attached hydrogen (secondary N) is 1. The second-order valence-electron chi connectivity index (χ2n) is 6.51. The predicted octanol–water partition coefficient (Wildman–Crippen LogP) is 3.47. The number of carbonyl (C=O) groups is 1. The Bertz CT molecular complexity index is 1150. The van der Waals surface area contributed by atoms with E-state index in [2.05, 4.69) is 22.1 Å². The quantitative estimate of drug-likeness (QED) is 0.434. The number of pyridine rings is 1. The molecular formula is C25H24N2O5. The summed E-state index contributed by atoms with van der Waals surface area (Å²) in [5, 5.41) is 3.75. The minimum absolute atomic E-state index is 0.209. The third kappa shape index (κ3) is 5.92. The number of hydrogen-bond acceptors (Lipinski definition) is 6. The molecule has 0 spiro atoms. The number of hydrogen-bond donors (Lipinski definition) is 1. The van der Waals surface area contributed by atoms with E-state index in [9.17, 15) is 4.79 Å². The van der Waals surface area contributed by atoms with Crippen LogP contribution in [0.2, 0.25) is 0 Å². The number of methoxy groups -OCH3 is 3. The van der Waals surface area contributed by atoms with E-state index >= 15 is 0 Å². The minimum atomic E-state index is -0.269. The Labute approximate surface area is 187 Å². The first kappa shape index (κ1) is 22.5. The van der Waals surface area contributed by atoms with Gasteiger partial charge in [0.2, 0.25) is 11.7 Å². The lowest BCUT2D eigenvalue weighted by Gasteiger charge is -2.12. The van der Waals surface area contributed by atoms with E-state index in [1.54, 1.807) is 24.4 Å². The highest BCUT2D eigenvalue weighted by molar-refractivity contribution is 5.92. The molecule has 7 nitrogen and oxygen atoms in total. The number of aromatic nitrogens is 1. The van der Waals surface area contributed by atoms with Crippen molar-refractivity contribution in [2.24, 2.45) is 0 Å². The number of benzene rings is 2. The molecule has 1 N–H and O–H groups in total. The molecule has 0 saturated carbocycles. The summed E-state index contributed by atoms with van der Waals surface area (Å²) in [6.07, 6.45) is 4.82. The third-order valence-corrected chi connectivity index (χ3v) is 4.48. The summed E-state index contributed by atoms with van der Waals surface area (Å²) in [6, 6.07) is 13.1. The van der Waals surface area contributed by atoms with Gasteiger partial charge in [-0.05, 0) is 42.0 Å². The van der Waals surface area contributed by atoms with Gasteiger partial charge in [0.15, 0.2) is 11.5 Å². The van der Waals surface area contributed by atoms with Gasteiger partial charge in [-0.2, -0.15) is 0 Å². The van der Waals surface area contributed by atoms with Gasteiger partial charge in [0.1, 0.15) is 12.4 Å². The van der Waals surface area contributed by atoms with Gasteiger partial charge >= 0.3 is 0 Å². The monoisotopic (exact) mass is 432 g/mol. The van der Waals surface area contributed by atoms with Crippen LogP contribution in [0.3, 0.4) is 0 Å². The smallest absolute Gasteiger partial charge is 0.244 e. The van der Waals surface area contributed by atoms with E-state index < -0.39 is 0 Å². The second-order valence-corrected chi connectivity index (χ2v) is 6.51. The summed E-state index contributed by atoms with van der Waals surface area (Å²) in [7, 11) is 4.61. The Hall–Kier alpha value is -4.18. The maximum absolute atomic E-state index is 12.0. The lowest BCUT2D eigenvalue weighted by atomic mass is 10.1. The SMILES string of the molecule is COc1cc(/C=C/C(=O)NCC#CCOc2ccc3cccnc3c2)cc(OC)c1OC. The summed E-state index contributed by atoms with van der Waals surface area (Å²) in [6.45, 7) is 0.427. The van der Waals surface area contributed by atoms with Crippen molar-refractivity contribution >= 4 is 22.9 Å². The Morgan fingerprint density at radius 1 is 1.03 bits per heavy atom. The molecule has 0 aliphatic heterocycles. The fourth-order valence-electron chi connectivity index (χ4n) is 2.93. The zero-order valence-corrected chi connectivity index (χ0v) is 18.2. The summed E-state index contributed by atoms with van der Waals surface area (Å²) in [5.41, 5.74) is 1.60. The molecule has 1 aromatic heterocycles. The van der Waals surface area contributed by atoms with Crippen LogP contribution < -0.4 is 24.3 Å². The third-order valence-electron chi connectivity index (χ3n) is 4.48. The highest BCUT2D eigenvalue weighted by Gasteiger charge is 2.12. The van der Waals surface area contributed by atoms with E-state index in [-0.39, 0.29) is 19.1 Å². The van der Waals surface area contributed by atoms with Crippen molar-refractivity contribution in [3.05, 3.63) is 60.3 Å². The van der Waals surface area contributed by atoms with Gasteiger partial charge in [-0.3, -0.25) is 9.78 Å². The Morgan fingerprint density at radius 3 is 2.53 bits per heavy atom. The topological polar surface area (TPSA) is 78.9 Å². The van der Waals surface area contributed by atoms with Crippen LogP contribution >= 0.6 is 0 Å². The van der Waals surface area contributed by atoms with Gasteiger partial charge in [0.25, 0.3) is 0 Å². The molecule has 0 bridgehead atoms. The zero-order chi connectivity index (χ0) is 22.8. The van der Waals surface area contributed by atoms with Crippen molar-refractivity contribution in [1.29, 1.82) is 0 Å². The van der Waals surface area contributed by atoms with Crippen LogP contribution in [-0.4, -0.2) is 45.4 Å². The average Bonchev–Trinajstić information content (AvgIpc) is 2.83. The second kappa shape index (κ2) is 11.3. The minimum Gasteiger partial charge on any atom is -0.493 e. The molecule has 32 heavy (non-hydrogen) atoms. The molecule has 0 aliphatic carbocycles. The molecule has 3 rings (SSSR count). The van der Waals surface area contributed by atoms with Crippen molar-refractivity contribution in [2.45, 2.75) is 0 Å². The lowest BCUT2D eigenvalue weighted by molar-refractivity contribution is -0.116. The maximum atomic E-state index is 12.0. The number of ether oxygens (including phenoxy) is 4. The first-order valence-corrected chi connectivity index (χ1v) is 9.84. The van der Waals surface area contributed by atoms with Crippen LogP contribution in [0.1, 0.15) is 5.56 Å². The molecule has 0 saturated heterocycles. The highest BCUT2D eigenvalue weighted by atomic mass is 16.5. The number of nitrogens with zero attached hydrogens (tertiary/aromatic N) is 1. The first-order valence-electron chi connectivity index (χ1n) is 9.84. The fourth-order valence-corrected chi connectivity index (χ4v) is 2.93. The summed E-state index contributed by atoms with van der Waals surface area (Å²) < 4.78 is 21.5. The van der Waals surface area contributed by atoms with Crippen LogP contribution in [0, 0.1) is 11.8 Å². The summed E-state index contributed by atoms with van der Waals surface area (Å²) in [4.78, 5) is 16.3. The fraction of sp³-hybridized carbons (Fsp3) is 0.200. The molecule has 1 amide bonds. The lowest BCUT2D eigenvalue weighted by Crippen LogP contribution is -2.21. The molecule has 7 heteroatoms. The Balaban J connectivity index is 1.48. The van der Waals surface area contributed by atoms with Gasteiger partial charge in [0, 0.05) is 23.7 Å². The number of rotatable bonds is 8. The van der Waals surface area contributed by atoms with Crippen LogP contribution in [-0.2, 0) is 4.79 Å². The van der Waals surface area contributed by atoms with Gasteiger partial charge in [-0.1, -0.05) is 17.9 Å². The van der Waals surface area contributed by atoms with Crippen LogP contribution in [0.4, 0.5) is 0 Å². The van der Waals surface area contributed by atoms with Gasteiger partial charge in [-0.25, -0.2) is 0 Å². The van der Waals surface area contributed by atoms with E-state index in [4.69, 9.17) is 18.9 Å². The normalized spacial score (nSPS) is 10.3. The molecule has 0 unspecified atom stereocenters. The van der Waals surface area contributed by atoms with Gasteiger partial charge < -0.3 is 24.3 Å². The number of amides is 1. The molecule has 0 radical (unpaired) electrons. The molecule has 164 valence electrons. The highest BCUT2D eigenvalue weighted by Crippen LogP contribution is 2.38. The van der Waals surface area contributed by atoms with Crippen molar-refractivity contribution in [3.63, 3.8) is 0 Å². The Kier molecular flexibility index (Phi) is 7.93. The first-order chi connectivity index (χ1) is 15.6. The predicted molar refractivity (Wildman–Crippen MR) is 123 cm³/mol. The van der Waals surface area contributed by atoms with E-state index in [1.165, 1.54) is 27.4 Å². The Morgan fingerprint density at radius 2 is 1.81 bits per heavy atom. The van der Waals surface area contributed by atoms with Crippen LogP contribution in [0.25, 0.3) is 17.0 Å². The number of fused-ring (bicyclic) bond motifs is 1. The van der Waals surface area contributed by atoms with Crippen molar-refractivity contribution in [2.75, 3.05) is 34.5 Å². The van der Waals surface area contributed by atoms with E-state index in [0.717, 1.165) is 16.5 Å². The standard InChI is InChI=1S/C25H24N2O5/c1-29-22-15-18(16-23(30-2)25(22)31-3)8-11-24(28)27-12-4-5-14-32-20-10-9-19-7-6-13-26-21(19)17-20/h6-11,13,15-17H,12,14H2,1-3H3,(H,27,28)/b11-8+. The van der Waals surface area contributed by atoms with E-state index in [1.807, 2.05) is 30.3 Å². The molecular weight excluding hydrogens is 408 g/mol. The van der Waals surface area contributed by atoms with Crippen LogP contribution in [0.15, 0.2) is 54.7 Å². The zero-order valence-electron chi connectivity index (χ0n) is 18.2. The van der Waals surface area contributed by atoms with Gasteiger partial charge in [-0.15, -0.1) is 0 Å². The number of carbonyl (C=O) groups excluding carboxylic acids is 1.